The minimum absolute atomic E-state index is 0.0833. The van der Waals surface area contributed by atoms with Crippen molar-refractivity contribution in [2.45, 2.75) is 12.9 Å². The normalized spacial score (nSPS) is 17.2. The molecule has 0 bridgehead atoms. The van der Waals surface area contributed by atoms with Crippen molar-refractivity contribution in [1.82, 2.24) is 10.2 Å². The first kappa shape index (κ1) is 16.1. The molecule has 1 heterocycles. The van der Waals surface area contributed by atoms with Gasteiger partial charge in [-0.1, -0.05) is 42.5 Å². The van der Waals surface area contributed by atoms with E-state index in [1.54, 1.807) is 4.90 Å². The minimum atomic E-state index is -2.81. The zero-order chi connectivity index (χ0) is 22.4. The van der Waals surface area contributed by atoms with Crippen LogP contribution >= 0.6 is 0 Å². The summed E-state index contributed by atoms with van der Waals surface area (Å²) >= 11 is 0. The van der Waals surface area contributed by atoms with Crippen LogP contribution in [0.3, 0.4) is 0 Å². The molecule has 1 atom stereocenters. The molecule has 1 N–H and O–H groups in total. The Kier molecular flexibility index (Phi) is 5.40. The van der Waals surface area contributed by atoms with E-state index in [1.165, 1.54) is 7.11 Å². The van der Waals surface area contributed by atoms with Gasteiger partial charge in [-0.05, 0) is 23.3 Å². The standard InChI is InChI=1S/C22H27N3O3/c1-17(26)23-21(16-28-2)22(27)25-13-11-24(12-14-25)20-10-6-9-19(15-20)18-7-4-3-5-8-18/h3-10,15,21H,11-14,16H2,1-2H3,(H,23,26)/t21-/m1/s1/i1D3. The lowest BCUT2D eigenvalue weighted by Gasteiger charge is -2.37. The number of nitrogens with one attached hydrogen (secondary N) is 1. The molecule has 2 aromatic carbocycles. The number of hydrogen-bond donors (Lipinski definition) is 1. The van der Waals surface area contributed by atoms with Gasteiger partial charge in [-0.25, -0.2) is 0 Å². The van der Waals surface area contributed by atoms with Gasteiger partial charge in [0, 0.05) is 49.9 Å². The molecular weight excluding hydrogens is 354 g/mol. The number of hydrogen-bond acceptors (Lipinski definition) is 4. The second-order valence-electron chi connectivity index (χ2n) is 6.71. The van der Waals surface area contributed by atoms with E-state index in [9.17, 15) is 9.59 Å². The first-order chi connectivity index (χ1) is 14.8. The van der Waals surface area contributed by atoms with Crippen LogP contribution in [0.1, 0.15) is 11.0 Å². The molecule has 6 heteroatoms. The first-order valence-corrected chi connectivity index (χ1v) is 9.28. The number of anilines is 1. The lowest BCUT2D eigenvalue weighted by atomic mass is 10.0. The average Bonchev–Trinajstić information content (AvgIpc) is 2.78. The highest BCUT2D eigenvalue weighted by atomic mass is 16.5. The van der Waals surface area contributed by atoms with Crippen LogP contribution in [0.4, 0.5) is 5.69 Å². The molecule has 0 radical (unpaired) electrons. The summed E-state index contributed by atoms with van der Waals surface area (Å²) in [6.07, 6.45) is 0. The van der Waals surface area contributed by atoms with Gasteiger partial charge in [0.1, 0.15) is 6.04 Å². The first-order valence-electron chi connectivity index (χ1n) is 10.8. The lowest BCUT2D eigenvalue weighted by Crippen LogP contribution is -2.56. The molecule has 0 unspecified atom stereocenters. The van der Waals surface area contributed by atoms with E-state index >= 15 is 0 Å². The molecule has 0 spiro atoms. The molecular formula is C22H27N3O3. The quantitative estimate of drug-likeness (QED) is 0.829. The van der Waals surface area contributed by atoms with Crippen LogP contribution in [-0.2, 0) is 14.3 Å². The van der Waals surface area contributed by atoms with Crippen molar-refractivity contribution >= 4 is 17.5 Å². The average molecular weight is 384 g/mol. The van der Waals surface area contributed by atoms with Crippen molar-refractivity contribution in [1.29, 1.82) is 0 Å². The number of piperazine rings is 1. The third kappa shape index (κ3) is 4.89. The van der Waals surface area contributed by atoms with Crippen molar-refractivity contribution in [3.8, 4) is 11.1 Å². The van der Waals surface area contributed by atoms with Crippen LogP contribution in [-0.4, -0.2) is 62.7 Å². The van der Waals surface area contributed by atoms with Crippen molar-refractivity contribution in [3.63, 3.8) is 0 Å². The van der Waals surface area contributed by atoms with Gasteiger partial charge in [0.15, 0.2) is 0 Å². The van der Waals surface area contributed by atoms with Crippen molar-refractivity contribution in [3.05, 3.63) is 54.6 Å². The maximum atomic E-state index is 12.9. The van der Waals surface area contributed by atoms with Gasteiger partial charge in [-0.15, -0.1) is 0 Å². The largest absolute Gasteiger partial charge is 0.382 e. The molecule has 1 aliphatic rings. The summed E-state index contributed by atoms with van der Waals surface area (Å²) in [5.41, 5.74) is 3.35. The maximum Gasteiger partial charge on any atom is 0.247 e. The molecule has 1 fully saturated rings. The number of rotatable bonds is 6. The summed E-state index contributed by atoms with van der Waals surface area (Å²) in [7, 11) is 1.40. The zero-order valence-electron chi connectivity index (χ0n) is 18.9. The fourth-order valence-electron chi connectivity index (χ4n) is 3.42. The van der Waals surface area contributed by atoms with Crippen LogP contribution in [0.15, 0.2) is 54.6 Å². The van der Waals surface area contributed by atoms with Crippen molar-refractivity contribution in [2.75, 3.05) is 44.8 Å². The number of amides is 2. The molecule has 2 aromatic rings. The molecule has 3 rings (SSSR count). The fourth-order valence-corrected chi connectivity index (χ4v) is 3.42. The van der Waals surface area contributed by atoms with Gasteiger partial charge in [0.25, 0.3) is 0 Å². The summed E-state index contributed by atoms with van der Waals surface area (Å²) in [6.45, 7) is -0.682. The molecule has 6 nitrogen and oxygen atoms in total. The van der Waals surface area contributed by atoms with Gasteiger partial charge in [-0.2, -0.15) is 0 Å². The third-order valence-electron chi connectivity index (χ3n) is 4.85. The van der Waals surface area contributed by atoms with Gasteiger partial charge in [0.05, 0.1) is 6.61 Å². The Balaban J connectivity index is 1.63. The van der Waals surface area contributed by atoms with Gasteiger partial charge in [0.2, 0.25) is 11.8 Å². The Hall–Kier alpha value is -2.86. The summed E-state index contributed by atoms with van der Waals surface area (Å²) in [6, 6.07) is 17.4. The topological polar surface area (TPSA) is 61.9 Å². The predicted molar refractivity (Wildman–Crippen MR) is 110 cm³/mol. The Morgan fingerprint density at radius 1 is 1.07 bits per heavy atom. The molecule has 1 saturated heterocycles. The Morgan fingerprint density at radius 3 is 2.46 bits per heavy atom. The molecule has 148 valence electrons. The molecule has 0 saturated carbocycles. The summed E-state index contributed by atoms with van der Waals surface area (Å²) in [5, 5.41) is 2.29. The summed E-state index contributed by atoms with van der Waals surface area (Å²) in [4.78, 5) is 28.5. The summed E-state index contributed by atoms with van der Waals surface area (Å²) < 4.78 is 26.6. The third-order valence-corrected chi connectivity index (χ3v) is 4.85. The lowest BCUT2D eigenvalue weighted by molar-refractivity contribution is -0.137. The van der Waals surface area contributed by atoms with E-state index in [-0.39, 0.29) is 12.5 Å². The van der Waals surface area contributed by atoms with Gasteiger partial charge >= 0.3 is 0 Å². The van der Waals surface area contributed by atoms with E-state index in [0.29, 0.717) is 26.2 Å². The number of nitrogens with zero attached hydrogens (tertiary/aromatic N) is 2. The van der Waals surface area contributed by atoms with Crippen LogP contribution in [0.25, 0.3) is 11.1 Å². The van der Waals surface area contributed by atoms with Crippen LogP contribution in [0.2, 0.25) is 0 Å². The molecule has 0 aliphatic carbocycles. The second kappa shape index (κ2) is 9.37. The second-order valence-corrected chi connectivity index (χ2v) is 6.71. The Bertz CT molecular complexity index is 898. The van der Waals surface area contributed by atoms with Crippen molar-refractivity contribution in [2.24, 2.45) is 0 Å². The van der Waals surface area contributed by atoms with Crippen LogP contribution in [0, 0.1) is 0 Å². The highest BCUT2D eigenvalue weighted by Gasteiger charge is 2.28. The van der Waals surface area contributed by atoms with E-state index in [0.717, 1.165) is 16.8 Å². The van der Waals surface area contributed by atoms with E-state index in [2.05, 4.69) is 34.5 Å². The van der Waals surface area contributed by atoms with Crippen molar-refractivity contribution < 1.29 is 18.4 Å². The number of carbonyl (C=O) groups excluding carboxylic acids is 2. The smallest absolute Gasteiger partial charge is 0.247 e. The highest BCUT2D eigenvalue weighted by Crippen LogP contribution is 2.25. The van der Waals surface area contributed by atoms with Gasteiger partial charge < -0.3 is 19.9 Å². The van der Waals surface area contributed by atoms with E-state index < -0.39 is 18.8 Å². The molecule has 2 amide bonds. The van der Waals surface area contributed by atoms with Gasteiger partial charge in [-0.3, -0.25) is 9.59 Å². The summed E-state index contributed by atoms with van der Waals surface area (Å²) in [5.74, 6) is -1.49. The predicted octanol–water partition coefficient (Wildman–Crippen LogP) is 2.15. The number of methoxy groups -OCH3 is 1. The molecule has 0 aromatic heterocycles. The Morgan fingerprint density at radius 2 is 1.79 bits per heavy atom. The van der Waals surface area contributed by atoms with Crippen LogP contribution < -0.4 is 10.2 Å². The highest BCUT2D eigenvalue weighted by molar-refractivity contribution is 5.87. The maximum absolute atomic E-state index is 12.9. The molecule has 1 aliphatic heterocycles. The SMILES string of the molecule is [2H]C([2H])([2H])C(=O)N[C@H](COC)C(=O)N1CCN(c2cccc(-c3ccccc3)c2)CC1. The number of carbonyl (C=O) groups is 2. The Labute approximate surface area is 170 Å². The van der Waals surface area contributed by atoms with E-state index in [1.807, 2.05) is 30.3 Å². The minimum Gasteiger partial charge on any atom is -0.382 e. The molecule has 28 heavy (non-hydrogen) atoms. The fraction of sp³-hybridized carbons (Fsp3) is 0.364. The van der Waals surface area contributed by atoms with Crippen LogP contribution in [0.5, 0.6) is 0 Å². The number of ether oxygens (including phenoxy) is 1. The number of benzene rings is 2. The monoisotopic (exact) mass is 384 g/mol. The zero-order valence-corrected chi connectivity index (χ0v) is 15.9. The van der Waals surface area contributed by atoms with E-state index in [4.69, 9.17) is 8.85 Å².